The van der Waals surface area contributed by atoms with Gasteiger partial charge in [-0.25, -0.2) is 0 Å². The van der Waals surface area contributed by atoms with Crippen LogP contribution in [-0.2, 0) is 11.2 Å². The van der Waals surface area contributed by atoms with Gasteiger partial charge in [0.2, 0.25) is 0 Å². The average Bonchev–Trinajstić information content (AvgIpc) is 2.37. The number of aryl methyl sites for hydroxylation is 1. The number of hydrogen-bond acceptors (Lipinski definition) is 4. The summed E-state index contributed by atoms with van der Waals surface area (Å²) < 4.78 is 10.6. The Morgan fingerprint density at radius 3 is 2.56 bits per heavy atom. The van der Waals surface area contributed by atoms with E-state index in [-0.39, 0.29) is 6.42 Å². The van der Waals surface area contributed by atoms with E-state index in [4.69, 9.17) is 14.6 Å². The van der Waals surface area contributed by atoms with Crippen LogP contribution in [0.5, 0.6) is 11.5 Å². The van der Waals surface area contributed by atoms with Gasteiger partial charge in [-0.3, -0.25) is 4.79 Å². The largest absolute Gasteiger partial charge is 0.497 e. The highest BCUT2D eigenvalue weighted by atomic mass is 32.2. The summed E-state index contributed by atoms with van der Waals surface area (Å²) in [5.74, 6) is 0.807. The lowest BCUT2D eigenvalue weighted by Crippen LogP contribution is -1.99. The zero-order valence-electron chi connectivity index (χ0n) is 10.9. The summed E-state index contributed by atoms with van der Waals surface area (Å²) in [4.78, 5) is 11.5. The monoisotopic (exact) mass is 270 g/mol. The van der Waals surface area contributed by atoms with Crippen LogP contribution in [-0.4, -0.2) is 31.6 Å². The summed E-state index contributed by atoms with van der Waals surface area (Å²) >= 11 is 1.58. The first-order chi connectivity index (χ1) is 8.62. The van der Waals surface area contributed by atoms with Gasteiger partial charge in [0, 0.05) is 6.42 Å². The van der Waals surface area contributed by atoms with E-state index in [1.807, 2.05) is 18.4 Å². The fourth-order valence-electron chi connectivity index (χ4n) is 1.75. The number of methoxy groups -OCH3 is 2. The summed E-state index contributed by atoms with van der Waals surface area (Å²) in [6.07, 6.45) is 3.39. The number of carboxylic acid groups (broad SMARTS) is 1. The predicted molar refractivity (Wildman–Crippen MR) is 71.9 cm³/mol. The molecule has 0 bridgehead atoms. The predicted octanol–water partition coefficient (Wildman–Crippen LogP) is 2.83. The van der Waals surface area contributed by atoms with Gasteiger partial charge in [0.05, 0.1) is 19.1 Å². The van der Waals surface area contributed by atoms with E-state index >= 15 is 0 Å². The van der Waals surface area contributed by atoms with E-state index < -0.39 is 5.97 Å². The molecule has 0 amide bonds. The van der Waals surface area contributed by atoms with Gasteiger partial charge < -0.3 is 14.6 Å². The Morgan fingerprint density at radius 2 is 2.06 bits per heavy atom. The van der Waals surface area contributed by atoms with Gasteiger partial charge in [-0.05, 0) is 36.8 Å². The third kappa shape index (κ3) is 3.84. The molecule has 0 aliphatic carbocycles. The van der Waals surface area contributed by atoms with Gasteiger partial charge in [0.15, 0.2) is 0 Å². The van der Waals surface area contributed by atoms with Crippen LogP contribution in [0.15, 0.2) is 17.0 Å². The molecule has 1 aromatic rings. The first-order valence-electron chi connectivity index (χ1n) is 5.63. The van der Waals surface area contributed by atoms with E-state index in [1.54, 1.807) is 26.0 Å². The van der Waals surface area contributed by atoms with Gasteiger partial charge >= 0.3 is 5.97 Å². The van der Waals surface area contributed by atoms with Crippen molar-refractivity contribution in [2.75, 3.05) is 20.5 Å². The van der Waals surface area contributed by atoms with Crippen molar-refractivity contribution in [2.45, 2.75) is 24.2 Å². The SMILES string of the molecule is COc1cc(CCCC(=O)O)c(OC)c(SC)c1. The molecular weight excluding hydrogens is 252 g/mol. The molecule has 0 unspecified atom stereocenters. The summed E-state index contributed by atoms with van der Waals surface area (Å²) in [5, 5.41) is 8.66. The highest BCUT2D eigenvalue weighted by molar-refractivity contribution is 7.98. The van der Waals surface area contributed by atoms with Crippen LogP contribution in [0.25, 0.3) is 0 Å². The van der Waals surface area contributed by atoms with Gasteiger partial charge in [-0.2, -0.15) is 0 Å². The van der Waals surface area contributed by atoms with Gasteiger partial charge in [0.1, 0.15) is 11.5 Å². The lowest BCUT2D eigenvalue weighted by atomic mass is 10.1. The molecule has 0 aromatic heterocycles. The zero-order chi connectivity index (χ0) is 13.5. The first kappa shape index (κ1) is 14.7. The molecule has 0 aliphatic rings. The summed E-state index contributed by atoms with van der Waals surface area (Å²) in [6, 6.07) is 3.82. The van der Waals surface area contributed by atoms with Crippen LogP contribution in [0.4, 0.5) is 0 Å². The maximum absolute atomic E-state index is 10.5. The van der Waals surface area contributed by atoms with E-state index in [0.29, 0.717) is 12.8 Å². The third-order valence-corrected chi connectivity index (χ3v) is 3.34. The quantitative estimate of drug-likeness (QED) is 0.772. The van der Waals surface area contributed by atoms with Crippen molar-refractivity contribution in [3.8, 4) is 11.5 Å². The third-order valence-electron chi connectivity index (χ3n) is 2.60. The minimum absolute atomic E-state index is 0.162. The second kappa shape index (κ2) is 7.16. The fraction of sp³-hybridized carbons (Fsp3) is 0.462. The number of carboxylic acids is 1. The van der Waals surface area contributed by atoms with E-state index in [9.17, 15) is 4.79 Å². The number of carbonyl (C=O) groups is 1. The number of hydrogen-bond donors (Lipinski definition) is 1. The Kier molecular flexibility index (Phi) is 5.85. The maximum atomic E-state index is 10.5. The smallest absolute Gasteiger partial charge is 0.303 e. The van der Waals surface area contributed by atoms with Gasteiger partial charge in [0.25, 0.3) is 0 Å². The first-order valence-corrected chi connectivity index (χ1v) is 6.85. The lowest BCUT2D eigenvalue weighted by Gasteiger charge is -2.14. The Morgan fingerprint density at radius 1 is 1.33 bits per heavy atom. The van der Waals surface area contributed by atoms with Crippen LogP contribution in [0.2, 0.25) is 0 Å². The molecule has 4 nitrogen and oxygen atoms in total. The molecule has 18 heavy (non-hydrogen) atoms. The summed E-state index contributed by atoms with van der Waals surface area (Å²) in [7, 11) is 3.25. The maximum Gasteiger partial charge on any atom is 0.303 e. The van der Waals surface area contributed by atoms with Gasteiger partial charge in [-0.1, -0.05) is 0 Å². The molecule has 5 heteroatoms. The second-order valence-electron chi connectivity index (χ2n) is 3.77. The van der Waals surface area contributed by atoms with E-state index in [1.165, 1.54) is 0 Å². The fourth-order valence-corrected chi connectivity index (χ4v) is 2.38. The van der Waals surface area contributed by atoms with Crippen molar-refractivity contribution in [1.29, 1.82) is 0 Å². The van der Waals surface area contributed by atoms with Crippen molar-refractivity contribution in [1.82, 2.24) is 0 Å². The summed E-state index contributed by atoms with van der Waals surface area (Å²) in [6.45, 7) is 0. The van der Waals surface area contributed by atoms with Crippen LogP contribution in [0.3, 0.4) is 0 Å². The van der Waals surface area contributed by atoms with Crippen molar-refractivity contribution >= 4 is 17.7 Å². The molecule has 0 fully saturated rings. The molecule has 1 rings (SSSR count). The lowest BCUT2D eigenvalue weighted by molar-refractivity contribution is -0.137. The molecule has 0 spiro atoms. The van der Waals surface area contributed by atoms with Crippen LogP contribution < -0.4 is 9.47 Å². The normalized spacial score (nSPS) is 10.2. The number of thioether (sulfide) groups is 1. The molecule has 0 saturated carbocycles. The zero-order valence-corrected chi connectivity index (χ0v) is 11.7. The molecule has 100 valence electrons. The van der Waals surface area contributed by atoms with Crippen molar-refractivity contribution in [3.05, 3.63) is 17.7 Å². The molecule has 1 N–H and O–H groups in total. The average molecular weight is 270 g/mol. The molecule has 0 aliphatic heterocycles. The number of ether oxygens (including phenoxy) is 2. The minimum atomic E-state index is -0.776. The highest BCUT2D eigenvalue weighted by Gasteiger charge is 2.12. The van der Waals surface area contributed by atoms with Crippen LogP contribution >= 0.6 is 11.8 Å². The Labute approximate surface area is 111 Å². The highest BCUT2D eigenvalue weighted by Crippen LogP contribution is 2.36. The molecule has 0 atom stereocenters. The van der Waals surface area contributed by atoms with Crippen molar-refractivity contribution in [2.24, 2.45) is 0 Å². The summed E-state index contributed by atoms with van der Waals surface area (Å²) in [5.41, 5.74) is 0.988. The van der Waals surface area contributed by atoms with Gasteiger partial charge in [-0.15, -0.1) is 11.8 Å². The van der Waals surface area contributed by atoms with Crippen molar-refractivity contribution in [3.63, 3.8) is 0 Å². The molecule has 0 radical (unpaired) electrons. The number of benzene rings is 1. The Bertz CT molecular complexity index is 418. The molecule has 0 heterocycles. The second-order valence-corrected chi connectivity index (χ2v) is 4.62. The number of aliphatic carboxylic acids is 1. The minimum Gasteiger partial charge on any atom is -0.497 e. The standard InChI is InChI=1S/C13H18O4S/c1-16-10-7-9(5-4-6-12(14)15)13(17-2)11(8-10)18-3/h7-8H,4-6H2,1-3H3,(H,14,15). The number of rotatable bonds is 7. The van der Waals surface area contributed by atoms with E-state index in [2.05, 4.69) is 0 Å². The Balaban J connectivity index is 2.95. The van der Waals surface area contributed by atoms with Crippen LogP contribution in [0.1, 0.15) is 18.4 Å². The van der Waals surface area contributed by atoms with Crippen LogP contribution in [0, 0.1) is 0 Å². The Hall–Kier alpha value is -1.36. The molecule has 0 saturated heterocycles. The van der Waals surface area contributed by atoms with Crippen molar-refractivity contribution < 1.29 is 19.4 Å². The molecular formula is C13H18O4S. The molecule has 1 aromatic carbocycles. The van der Waals surface area contributed by atoms with E-state index in [0.717, 1.165) is 22.0 Å². The topological polar surface area (TPSA) is 55.8 Å².